The summed E-state index contributed by atoms with van der Waals surface area (Å²) in [5, 5.41) is 12.3. The summed E-state index contributed by atoms with van der Waals surface area (Å²) in [5.74, 6) is 0.907. The molecule has 0 aliphatic carbocycles. The Morgan fingerprint density at radius 3 is 2.45 bits per heavy atom. The van der Waals surface area contributed by atoms with Gasteiger partial charge >= 0.3 is 0 Å². The molecule has 1 N–H and O–H groups in total. The lowest BCUT2D eigenvalue weighted by molar-refractivity contribution is 0.151. The Morgan fingerprint density at radius 1 is 1.15 bits per heavy atom. The van der Waals surface area contributed by atoms with Crippen molar-refractivity contribution in [2.75, 3.05) is 45.8 Å². The molecular formula is C16H30N4. The number of piperidine rings is 1. The van der Waals surface area contributed by atoms with Gasteiger partial charge in [-0.3, -0.25) is 0 Å². The van der Waals surface area contributed by atoms with Gasteiger partial charge < -0.3 is 15.1 Å². The summed E-state index contributed by atoms with van der Waals surface area (Å²) >= 11 is 0. The van der Waals surface area contributed by atoms with E-state index in [9.17, 15) is 0 Å². The molecule has 114 valence electrons. The van der Waals surface area contributed by atoms with E-state index in [0.717, 1.165) is 25.4 Å². The van der Waals surface area contributed by atoms with Gasteiger partial charge in [0.1, 0.15) is 0 Å². The molecule has 0 aromatic carbocycles. The predicted octanol–water partition coefficient (Wildman–Crippen LogP) is 1.69. The van der Waals surface area contributed by atoms with Crippen molar-refractivity contribution in [2.45, 2.75) is 45.1 Å². The largest absolute Gasteiger partial charge is 0.303 e. The summed E-state index contributed by atoms with van der Waals surface area (Å²) in [5.41, 5.74) is 0. The molecule has 0 spiro atoms. The molecule has 0 amide bonds. The number of hydrogen-bond donors (Lipinski definition) is 1. The predicted molar refractivity (Wildman–Crippen MR) is 82.5 cm³/mol. The zero-order chi connectivity index (χ0) is 14.2. The molecule has 4 nitrogen and oxygen atoms in total. The van der Waals surface area contributed by atoms with Gasteiger partial charge in [0.2, 0.25) is 0 Å². The van der Waals surface area contributed by atoms with Crippen molar-refractivity contribution in [1.29, 1.82) is 5.26 Å². The minimum absolute atomic E-state index is 0.0299. The number of nitrogens with one attached hydrogen (secondary N) is 1. The van der Waals surface area contributed by atoms with Crippen molar-refractivity contribution >= 4 is 0 Å². The lowest BCUT2D eigenvalue weighted by Gasteiger charge is -2.34. The maximum Gasteiger partial charge on any atom is 0.0965 e. The van der Waals surface area contributed by atoms with E-state index in [2.05, 4.69) is 28.1 Å². The molecule has 2 fully saturated rings. The molecule has 2 aliphatic heterocycles. The molecule has 0 radical (unpaired) electrons. The van der Waals surface area contributed by atoms with Gasteiger partial charge in [0, 0.05) is 13.1 Å². The van der Waals surface area contributed by atoms with Crippen molar-refractivity contribution in [3.05, 3.63) is 0 Å². The van der Waals surface area contributed by atoms with Gasteiger partial charge in [0.15, 0.2) is 0 Å². The maximum absolute atomic E-state index is 9.05. The summed E-state index contributed by atoms with van der Waals surface area (Å²) < 4.78 is 0. The Kier molecular flexibility index (Phi) is 6.78. The molecular weight excluding hydrogens is 248 g/mol. The zero-order valence-corrected chi connectivity index (χ0v) is 13.0. The van der Waals surface area contributed by atoms with Gasteiger partial charge in [0.05, 0.1) is 12.1 Å². The monoisotopic (exact) mass is 278 g/mol. The maximum atomic E-state index is 9.05. The molecule has 20 heavy (non-hydrogen) atoms. The highest BCUT2D eigenvalue weighted by molar-refractivity contribution is 4.90. The van der Waals surface area contributed by atoms with Gasteiger partial charge in [-0.15, -0.1) is 0 Å². The average molecular weight is 278 g/mol. The van der Waals surface area contributed by atoms with E-state index in [-0.39, 0.29) is 6.04 Å². The van der Waals surface area contributed by atoms with E-state index in [0.29, 0.717) is 0 Å². The first-order valence-electron chi connectivity index (χ1n) is 8.39. The molecule has 1 atom stereocenters. The molecule has 0 saturated carbocycles. The summed E-state index contributed by atoms with van der Waals surface area (Å²) in [4.78, 5) is 5.19. The number of rotatable bonds is 7. The Bertz CT molecular complexity index is 298. The smallest absolute Gasteiger partial charge is 0.0965 e. The van der Waals surface area contributed by atoms with Crippen molar-refractivity contribution in [3.63, 3.8) is 0 Å². The highest BCUT2D eigenvalue weighted by Crippen LogP contribution is 2.20. The number of hydrogen-bond acceptors (Lipinski definition) is 4. The van der Waals surface area contributed by atoms with Crippen LogP contribution in [-0.4, -0.2) is 61.7 Å². The molecule has 0 bridgehead atoms. The third-order valence-corrected chi connectivity index (χ3v) is 4.76. The van der Waals surface area contributed by atoms with Crippen LogP contribution in [0.4, 0.5) is 0 Å². The molecule has 1 unspecified atom stereocenters. The van der Waals surface area contributed by atoms with Crippen molar-refractivity contribution in [3.8, 4) is 6.07 Å². The number of likely N-dealkylation sites (tertiary alicyclic amines) is 2. The van der Waals surface area contributed by atoms with Crippen LogP contribution in [0, 0.1) is 17.2 Å². The molecule has 2 heterocycles. The fourth-order valence-corrected chi connectivity index (χ4v) is 3.49. The third kappa shape index (κ3) is 5.05. The van der Waals surface area contributed by atoms with Crippen LogP contribution < -0.4 is 5.32 Å². The first-order valence-corrected chi connectivity index (χ1v) is 8.39. The van der Waals surface area contributed by atoms with Crippen LogP contribution in [-0.2, 0) is 0 Å². The summed E-state index contributed by atoms with van der Waals surface area (Å²) in [7, 11) is 0. The minimum Gasteiger partial charge on any atom is -0.303 e. The van der Waals surface area contributed by atoms with E-state index in [1.165, 1.54) is 58.4 Å². The third-order valence-electron chi connectivity index (χ3n) is 4.76. The normalized spacial score (nSPS) is 23.8. The Morgan fingerprint density at radius 2 is 1.85 bits per heavy atom. The summed E-state index contributed by atoms with van der Waals surface area (Å²) in [6, 6.07) is 2.39. The van der Waals surface area contributed by atoms with E-state index in [4.69, 9.17) is 5.26 Å². The second-order valence-electron chi connectivity index (χ2n) is 6.32. The SMILES string of the molecule is CCNC(C#N)CCN1CCC(CN2CCCC2)CC1. The first-order chi connectivity index (χ1) is 9.81. The average Bonchev–Trinajstić information content (AvgIpc) is 2.98. The van der Waals surface area contributed by atoms with Gasteiger partial charge in [-0.25, -0.2) is 0 Å². The molecule has 0 aromatic rings. The fourth-order valence-electron chi connectivity index (χ4n) is 3.49. The molecule has 2 rings (SSSR count). The van der Waals surface area contributed by atoms with Crippen LogP contribution in [0.2, 0.25) is 0 Å². The highest BCUT2D eigenvalue weighted by Gasteiger charge is 2.23. The van der Waals surface area contributed by atoms with Crippen LogP contribution in [0.25, 0.3) is 0 Å². The van der Waals surface area contributed by atoms with Crippen LogP contribution in [0.15, 0.2) is 0 Å². The number of nitrogens with zero attached hydrogens (tertiary/aromatic N) is 3. The lowest BCUT2D eigenvalue weighted by atomic mass is 9.96. The van der Waals surface area contributed by atoms with Crippen molar-refractivity contribution < 1.29 is 0 Å². The Hall–Kier alpha value is -0.630. The Balaban J connectivity index is 1.60. The van der Waals surface area contributed by atoms with Crippen molar-refractivity contribution in [1.82, 2.24) is 15.1 Å². The fraction of sp³-hybridized carbons (Fsp3) is 0.938. The van der Waals surface area contributed by atoms with E-state index in [1.807, 2.05) is 0 Å². The van der Waals surface area contributed by atoms with E-state index >= 15 is 0 Å². The van der Waals surface area contributed by atoms with Gasteiger partial charge in [-0.05, 0) is 70.7 Å². The Labute approximate surface area is 124 Å². The molecule has 0 aromatic heterocycles. The van der Waals surface area contributed by atoms with Crippen LogP contribution >= 0.6 is 0 Å². The van der Waals surface area contributed by atoms with Crippen LogP contribution in [0.1, 0.15) is 39.0 Å². The zero-order valence-electron chi connectivity index (χ0n) is 13.0. The first kappa shape index (κ1) is 15.8. The van der Waals surface area contributed by atoms with Crippen LogP contribution in [0.3, 0.4) is 0 Å². The van der Waals surface area contributed by atoms with E-state index < -0.39 is 0 Å². The molecule has 2 aliphatic rings. The minimum atomic E-state index is 0.0299. The second kappa shape index (κ2) is 8.61. The molecule has 4 heteroatoms. The van der Waals surface area contributed by atoms with E-state index in [1.54, 1.807) is 0 Å². The van der Waals surface area contributed by atoms with Gasteiger partial charge in [-0.1, -0.05) is 6.92 Å². The van der Waals surface area contributed by atoms with Gasteiger partial charge in [-0.2, -0.15) is 5.26 Å². The topological polar surface area (TPSA) is 42.3 Å². The standard InChI is InChI=1S/C16H30N4/c1-2-18-16(13-17)7-12-19-10-5-15(6-11-19)14-20-8-3-4-9-20/h15-16,18H,2-12,14H2,1H3. The molecule has 2 saturated heterocycles. The van der Waals surface area contributed by atoms with Crippen molar-refractivity contribution in [2.24, 2.45) is 5.92 Å². The second-order valence-corrected chi connectivity index (χ2v) is 6.32. The highest BCUT2D eigenvalue weighted by atomic mass is 15.2. The lowest BCUT2D eigenvalue weighted by Crippen LogP contribution is -2.40. The van der Waals surface area contributed by atoms with Gasteiger partial charge in [0.25, 0.3) is 0 Å². The van der Waals surface area contributed by atoms with Crippen LogP contribution in [0.5, 0.6) is 0 Å². The summed E-state index contributed by atoms with van der Waals surface area (Å²) in [6.45, 7) is 10.4. The summed E-state index contributed by atoms with van der Waals surface area (Å²) in [6.07, 6.45) is 6.45. The number of nitriles is 1. The quantitative estimate of drug-likeness (QED) is 0.769.